The van der Waals surface area contributed by atoms with E-state index in [1.54, 1.807) is 0 Å². The van der Waals surface area contributed by atoms with Crippen LogP contribution in [0.2, 0.25) is 0 Å². The van der Waals surface area contributed by atoms with Crippen molar-refractivity contribution < 1.29 is 0 Å². The predicted molar refractivity (Wildman–Crippen MR) is 48.6 cm³/mol. The molecule has 3 N–H and O–H groups in total. The molecule has 0 aliphatic rings. The fraction of sp³-hybridized carbons (Fsp3) is 0.714. The molecule has 0 aliphatic carbocycles. The Morgan fingerprint density at radius 3 is 2.50 bits per heavy atom. The lowest BCUT2D eigenvalue weighted by molar-refractivity contribution is 0.806. The van der Waals surface area contributed by atoms with Gasteiger partial charge in [-0.3, -0.25) is 0 Å². The molecule has 0 heterocycles. The number of hydrogen-bond acceptors (Lipinski definition) is 2. The van der Waals surface area contributed by atoms with Crippen molar-refractivity contribution in [3.63, 3.8) is 0 Å². The fourth-order valence-electron chi connectivity index (χ4n) is 0.615. The average molecular weight is 158 g/mol. The predicted octanol–water partition coefficient (Wildman–Crippen LogP) is 1.73. The molecule has 0 rings (SSSR count). The highest BCUT2D eigenvalue weighted by molar-refractivity contribution is 7.80. The molecule has 0 spiro atoms. The number of nitrogens with two attached hydrogens (primary N) is 1. The molecule has 0 aromatic carbocycles. The zero-order valence-corrected chi connectivity index (χ0v) is 7.29. The Morgan fingerprint density at radius 2 is 2.20 bits per heavy atom. The summed E-state index contributed by atoms with van der Waals surface area (Å²) in [7, 11) is 0. The van der Waals surface area contributed by atoms with Crippen molar-refractivity contribution in [3.8, 4) is 0 Å². The minimum absolute atomic E-state index is 0.183. The monoisotopic (exact) mass is 158 g/mol. The molecule has 0 aliphatic heterocycles. The lowest BCUT2D eigenvalue weighted by atomic mass is 10.0. The first-order valence-corrected chi connectivity index (χ1v) is 3.84. The quantitative estimate of drug-likeness (QED) is 0.483. The fourth-order valence-corrected chi connectivity index (χ4v) is 0.698. The van der Waals surface area contributed by atoms with Crippen LogP contribution < -0.4 is 5.73 Å². The Morgan fingerprint density at radius 1 is 1.70 bits per heavy atom. The highest BCUT2D eigenvalue weighted by atomic mass is 32.1. The van der Waals surface area contributed by atoms with E-state index >= 15 is 0 Å². The normalized spacial score (nSPS) is 12.6. The van der Waals surface area contributed by atoms with Crippen LogP contribution in [0.3, 0.4) is 0 Å². The molecule has 10 heavy (non-hydrogen) atoms. The number of nitrogens with one attached hydrogen (secondary N) is 1. The molecular weight excluding hydrogens is 144 g/mol. The lowest BCUT2D eigenvalue weighted by Gasteiger charge is -2.07. The van der Waals surface area contributed by atoms with Gasteiger partial charge in [0, 0.05) is 11.6 Å². The van der Waals surface area contributed by atoms with Crippen molar-refractivity contribution in [2.45, 2.75) is 26.7 Å². The number of rotatable bonds is 4. The second kappa shape index (κ2) is 4.39. The summed E-state index contributed by atoms with van der Waals surface area (Å²) in [5.41, 5.74) is 6.10. The smallest absolute Gasteiger partial charge is 0.0759 e. The maximum Gasteiger partial charge on any atom is 0.0759 e. The number of thiocarbonyl (C=S) groups is 1. The van der Waals surface area contributed by atoms with Crippen LogP contribution in [-0.2, 0) is 0 Å². The SMILES string of the molecule is CCC(=N)C[C@H](C)C(N)=S. The molecule has 0 fully saturated rings. The van der Waals surface area contributed by atoms with Gasteiger partial charge >= 0.3 is 0 Å². The van der Waals surface area contributed by atoms with Gasteiger partial charge in [-0.05, 0) is 12.8 Å². The van der Waals surface area contributed by atoms with Crippen LogP contribution in [0.1, 0.15) is 26.7 Å². The summed E-state index contributed by atoms with van der Waals surface area (Å²) in [6, 6.07) is 0. The first kappa shape index (κ1) is 9.56. The van der Waals surface area contributed by atoms with Gasteiger partial charge in [-0.25, -0.2) is 0 Å². The average Bonchev–Trinajstić information content (AvgIpc) is 1.87. The summed E-state index contributed by atoms with van der Waals surface area (Å²) in [5.74, 6) is 0.183. The summed E-state index contributed by atoms with van der Waals surface area (Å²) in [4.78, 5) is 0.512. The minimum Gasteiger partial charge on any atom is -0.393 e. The topological polar surface area (TPSA) is 49.9 Å². The highest BCUT2D eigenvalue weighted by Gasteiger charge is 2.06. The van der Waals surface area contributed by atoms with Crippen molar-refractivity contribution in [3.05, 3.63) is 0 Å². The second-order valence-electron chi connectivity index (χ2n) is 2.46. The Kier molecular flexibility index (Phi) is 4.19. The third kappa shape index (κ3) is 3.56. The molecule has 58 valence electrons. The van der Waals surface area contributed by atoms with Gasteiger partial charge in [0.25, 0.3) is 0 Å². The van der Waals surface area contributed by atoms with E-state index in [0.29, 0.717) is 11.4 Å². The summed E-state index contributed by atoms with van der Waals surface area (Å²) in [6.07, 6.45) is 1.51. The molecule has 0 saturated carbocycles. The van der Waals surface area contributed by atoms with E-state index in [9.17, 15) is 0 Å². The summed E-state index contributed by atoms with van der Waals surface area (Å²) in [5, 5.41) is 7.35. The van der Waals surface area contributed by atoms with Gasteiger partial charge in [-0.15, -0.1) is 0 Å². The largest absolute Gasteiger partial charge is 0.393 e. The molecule has 0 aromatic rings. The van der Waals surface area contributed by atoms with Crippen LogP contribution in [0, 0.1) is 11.3 Å². The zero-order chi connectivity index (χ0) is 8.15. The van der Waals surface area contributed by atoms with E-state index in [4.69, 9.17) is 23.4 Å². The van der Waals surface area contributed by atoms with E-state index < -0.39 is 0 Å². The van der Waals surface area contributed by atoms with Crippen LogP contribution in [-0.4, -0.2) is 10.7 Å². The van der Waals surface area contributed by atoms with Crippen molar-refractivity contribution in [1.82, 2.24) is 0 Å². The molecule has 0 saturated heterocycles. The Hall–Kier alpha value is -0.440. The van der Waals surface area contributed by atoms with Gasteiger partial charge in [0.15, 0.2) is 0 Å². The van der Waals surface area contributed by atoms with Crippen molar-refractivity contribution in [2.75, 3.05) is 0 Å². The summed E-state index contributed by atoms with van der Waals surface area (Å²) in [6.45, 7) is 3.92. The van der Waals surface area contributed by atoms with Crippen LogP contribution in [0.5, 0.6) is 0 Å². The highest BCUT2D eigenvalue weighted by Crippen LogP contribution is 2.04. The molecule has 0 bridgehead atoms. The lowest BCUT2D eigenvalue weighted by Crippen LogP contribution is -2.20. The van der Waals surface area contributed by atoms with E-state index in [0.717, 1.165) is 12.1 Å². The van der Waals surface area contributed by atoms with E-state index in [1.165, 1.54) is 0 Å². The third-order valence-electron chi connectivity index (χ3n) is 1.47. The van der Waals surface area contributed by atoms with E-state index in [-0.39, 0.29) is 5.92 Å². The molecule has 0 unspecified atom stereocenters. The molecule has 0 aromatic heterocycles. The van der Waals surface area contributed by atoms with Gasteiger partial charge in [0.05, 0.1) is 4.99 Å². The summed E-state index contributed by atoms with van der Waals surface area (Å²) >= 11 is 4.77. The van der Waals surface area contributed by atoms with E-state index in [2.05, 4.69) is 0 Å². The van der Waals surface area contributed by atoms with Crippen molar-refractivity contribution in [2.24, 2.45) is 11.7 Å². The summed E-state index contributed by atoms with van der Waals surface area (Å²) < 4.78 is 0. The molecule has 0 amide bonds. The van der Waals surface area contributed by atoms with Gasteiger partial charge in [0.2, 0.25) is 0 Å². The van der Waals surface area contributed by atoms with Gasteiger partial charge in [0.1, 0.15) is 0 Å². The first-order valence-electron chi connectivity index (χ1n) is 3.43. The van der Waals surface area contributed by atoms with Gasteiger partial charge in [-0.1, -0.05) is 26.1 Å². The Labute approximate surface area is 67.3 Å². The minimum atomic E-state index is 0.183. The van der Waals surface area contributed by atoms with Crippen LogP contribution >= 0.6 is 12.2 Å². The van der Waals surface area contributed by atoms with Crippen LogP contribution in [0.25, 0.3) is 0 Å². The van der Waals surface area contributed by atoms with Crippen molar-refractivity contribution in [1.29, 1.82) is 5.41 Å². The van der Waals surface area contributed by atoms with Crippen LogP contribution in [0.4, 0.5) is 0 Å². The van der Waals surface area contributed by atoms with E-state index in [1.807, 2.05) is 13.8 Å². The van der Waals surface area contributed by atoms with Crippen molar-refractivity contribution >= 4 is 22.9 Å². The van der Waals surface area contributed by atoms with Gasteiger partial charge < -0.3 is 11.1 Å². The standard InChI is InChI=1S/C7H14N2S/c1-3-6(8)4-5(2)7(9)10/h5,8H,3-4H2,1-2H3,(H2,9,10)/t5-/m0/s1. The molecule has 2 nitrogen and oxygen atoms in total. The maximum absolute atomic E-state index is 7.35. The zero-order valence-electron chi connectivity index (χ0n) is 6.48. The molecular formula is C7H14N2S. The Balaban J connectivity index is 3.68. The third-order valence-corrected chi connectivity index (χ3v) is 1.87. The second-order valence-corrected chi connectivity index (χ2v) is 2.94. The van der Waals surface area contributed by atoms with Gasteiger partial charge in [-0.2, -0.15) is 0 Å². The molecule has 0 radical (unpaired) electrons. The first-order chi connectivity index (χ1) is 4.57. The molecule has 1 atom stereocenters. The Bertz CT molecular complexity index is 143. The molecule has 3 heteroatoms. The number of hydrogen-bond donors (Lipinski definition) is 2. The van der Waals surface area contributed by atoms with Crippen LogP contribution in [0.15, 0.2) is 0 Å². The maximum atomic E-state index is 7.35.